The van der Waals surface area contributed by atoms with E-state index in [4.69, 9.17) is 18.9 Å². The van der Waals surface area contributed by atoms with Crippen LogP contribution in [-0.4, -0.2) is 34.3 Å². The molecular formula is C20H21N3O5. The van der Waals surface area contributed by atoms with E-state index >= 15 is 0 Å². The minimum Gasteiger partial charge on any atom is -0.497 e. The van der Waals surface area contributed by atoms with Crippen LogP contribution in [0.4, 0.5) is 11.4 Å². The zero-order chi connectivity index (χ0) is 20.5. The van der Waals surface area contributed by atoms with Crippen LogP contribution in [0.3, 0.4) is 0 Å². The van der Waals surface area contributed by atoms with Gasteiger partial charge in [0.05, 0.1) is 34.1 Å². The largest absolute Gasteiger partial charge is 0.497 e. The van der Waals surface area contributed by atoms with Gasteiger partial charge in [-0.3, -0.25) is 4.79 Å². The Bertz CT molecular complexity index is 919. The van der Waals surface area contributed by atoms with E-state index in [9.17, 15) is 10.1 Å². The second kappa shape index (κ2) is 9.73. The van der Waals surface area contributed by atoms with Crippen molar-refractivity contribution in [2.24, 2.45) is 0 Å². The number of carbonyl (C=O) groups excluding carboxylic acids is 1. The summed E-state index contributed by atoms with van der Waals surface area (Å²) in [6, 6.07) is 11.9. The van der Waals surface area contributed by atoms with Gasteiger partial charge in [0.15, 0.2) is 11.5 Å². The second-order valence-electron chi connectivity index (χ2n) is 5.40. The lowest BCUT2D eigenvalue weighted by atomic mass is 10.2. The average molecular weight is 383 g/mol. The van der Waals surface area contributed by atoms with Crippen molar-refractivity contribution in [2.75, 3.05) is 39.1 Å². The van der Waals surface area contributed by atoms with Crippen molar-refractivity contribution in [3.63, 3.8) is 0 Å². The molecule has 0 aliphatic rings. The Kier molecular flexibility index (Phi) is 7.11. The van der Waals surface area contributed by atoms with E-state index in [0.29, 0.717) is 34.4 Å². The number of carbonyl (C=O) groups is 1. The zero-order valence-corrected chi connectivity index (χ0v) is 16.0. The molecule has 0 radical (unpaired) electrons. The van der Waals surface area contributed by atoms with E-state index in [-0.39, 0.29) is 5.57 Å². The molecule has 0 fully saturated rings. The monoisotopic (exact) mass is 383 g/mol. The predicted octanol–water partition coefficient (Wildman–Crippen LogP) is 3.18. The molecule has 28 heavy (non-hydrogen) atoms. The molecule has 146 valence electrons. The van der Waals surface area contributed by atoms with Crippen LogP contribution >= 0.6 is 0 Å². The Morgan fingerprint density at radius 2 is 1.64 bits per heavy atom. The second-order valence-corrected chi connectivity index (χ2v) is 5.40. The maximum Gasteiger partial charge on any atom is 0.267 e. The van der Waals surface area contributed by atoms with Crippen molar-refractivity contribution in [1.29, 1.82) is 5.26 Å². The van der Waals surface area contributed by atoms with Crippen LogP contribution in [0, 0.1) is 11.3 Å². The van der Waals surface area contributed by atoms with Gasteiger partial charge in [0.2, 0.25) is 0 Å². The van der Waals surface area contributed by atoms with Gasteiger partial charge in [-0.15, -0.1) is 0 Å². The lowest BCUT2D eigenvalue weighted by molar-refractivity contribution is -0.112. The molecule has 2 aromatic rings. The molecule has 0 heterocycles. The molecule has 0 aliphatic heterocycles. The number of rotatable bonds is 8. The normalized spacial score (nSPS) is 10.5. The summed E-state index contributed by atoms with van der Waals surface area (Å²) < 4.78 is 20.8. The lowest BCUT2D eigenvalue weighted by Crippen LogP contribution is -2.14. The van der Waals surface area contributed by atoms with Gasteiger partial charge in [-0.2, -0.15) is 5.26 Å². The van der Waals surface area contributed by atoms with Crippen LogP contribution in [0.1, 0.15) is 0 Å². The number of ether oxygens (including phenoxy) is 4. The molecule has 8 heteroatoms. The molecule has 8 nitrogen and oxygen atoms in total. The fourth-order valence-electron chi connectivity index (χ4n) is 2.33. The highest BCUT2D eigenvalue weighted by Crippen LogP contribution is 2.30. The minimum absolute atomic E-state index is 0.118. The zero-order valence-electron chi connectivity index (χ0n) is 16.0. The third kappa shape index (κ3) is 4.86. The molecule has 0 saturated heterocycles. The number of nitrogens with zero attached hydrogens (tertiary/aromatic N) is 1. The molecule has 0 atom stereocenters. The summed E-state index contributed by atoms with van der Waals surface area (Å²) in [5.74, 6) is 1.55. The van der Waals surface area contributed by atoms with Crippen LogP contribution in [0.2, 0.25) is 0 Å². The molecule has 0 aliphatic carbocycles. The van der Waals surface area contributed by atoms with Gasteiger partial charge in [-0.05, 0) is 24.3 Å². The average Bonchev–Trinajstić information content (AvgIpc) is 2.73. The number of amides is 1. The van der Waals surface area contributed by atoms with Crippen LogP contribution in [0.5, 0.6) is 23.0 Å². The predicted molar refractivity (Wildman–Crippen MR) is 105 cm³/mol. The smallest absolute Gasteiger partial charge is 0.267 e. The van der Waals surface area contributed by atoms with Gasteiger partial charge in [0.25, 0.3) is 5.91 Å². The fraction of sp³-hybridized carbons (Fsp3) is 0.200. The Labute approximate surface area is 163 Å². The molecule has 0 unspecified atom stereocenters. The SMILES string of the molecule is COc1ccc(N/C=C(/C#N)C(=O)Nc2ccc(OC)c(OC)c2)c(OC)c1. The van der Waals surface area contributed by atoms with E-state index in [1.54, 1.807) is 43.5 Å². The summed E-state index contributed by atoms with van der Waals surface area (Å²) in [4.78, 5) is 12.4. The Balaban J connectivity index is 2.17. The molecular weight excluding hydrogens is 362 g/mol. The van der Waals surface area contributed by atoms with E-state index in [1.165, 1.54) is 27.5 Å². The van der Waals surface area contributed by atoms with Crippen molar-refractivity contribution in [2.45, 2.75) is 0 Å². The quantitative estimate of drug-likeness (QED) is 0.533. The highest BCUT2D eigenvalue weighted by atomic mass is 16.5. The molecule has 0 saturated carbocycles. The first-order chi connectivity index (χ1) is 13.6. The minimum atomic E-state index is -0.574. The van der Waals surface area contributed by atoms with Gasteiger partial charge < -0.3 is 29.6 Å². The van der Waals surface area contributed by atoms with Gasteiger partial charge in [0, 0.05) is 24.0 Å². The Morgan fingerprint density at radius 1 is 0.929 bits per heavy atom. The third-order valence-electron chi connectivity index (χ3n) is 3.79. The highest BCUT2D eigenvalue weighted by Gasteiger charge is 2.12. The molecule has 0 aromatic heterocycles. The maximum atomic E-state index is 12.4. The van der Waals surface area contributed by atoms with Crippen molar-refractivity contribution < 1.29 is 23.7 Å². The topological polar surface area (TPSA) is 102 Å². The Hall–Kier alpha value is -3.86. The van der Waals surface area contributed by atoms with Crippen molar-refractivity contribution in [3.8, 4) is 29.1 Å². The standard InChI is InChI=1S/C20H21N3O5/c1-25-15-6-7-16(18(10-15)27-3)22-12-13(11-21)20(24)23-14-5-8-17(26-2)19(9-14)28-4/h5-10,12,22H,1-4H3,(H,23,24)/b13-12-. The van der Waals surface area contributed by atoms with Gasteiger partial charge in [0.1, 0.15) is 23.1 Å². The molecule has 0 bridgehead atoms. The molecule has 2 aromatic carbocycles. The number of hydrogen-bond acceptors (Lipinski definition) is 7. The summed E-state index contributed by atoms with van der Waals surface area (Å²) in [6.07, 6.45) is 1.31. The first-order valence-electron chi connectivity index (χ1n) is 8.18. The van der Waals surface area contributed by atoms with E-state index in [2.05, 4.69) is 10.6 Å². The van der Waals surface area contributed by atoms with E-state index in [1.807, 2.05) is 6.07 Å². The van der Waals surface area contributed by atoms with Crippen LogP contribution < -0.4 is 29.6 Å². The third-order valence-corrected chi connectivity index (χ3v) is 3.79. The van der Waals surface area contributed by atoms with Crippen LogP contribution in [0.25, 0.3) is 0 Å². The molecule has 1 amide bonds. The molecule has 0 spiro atoms. The van der Waals surface area contributed by atoms with E-state index in [0.717, 1.165) is 0 Å². The number of anilines is 2. The molecule has 2 N–H and O–H groups in total. The van der Waals surface area contributed by atoms with Crippen molar-refractivity contribution in [1.82, 2.24) is 0 Å². The number of nitrogens with one attached hydrogen (secondary N) is 2. The number of hydrogen-bond donors (Lipinski definition) is 2. The number of methoxy groups -OCH3 is 4. The first kappa shape index (κ1) is 20.5. The fourth-order valence-corrected chi connectivity index (χ4v) is 2.33. The van der Waals surface area contributed by atoms with Gasteiger partial charge in [-0.25, -0.2) is 0 Å². The highest BCUT2D eigenvalue weighted by molar-refractivity contribution is 6.06. The van der Waals surface area contributed by atoms with Gasteiger partial charge >= 0.3 is 0 Å². The first-order valence-corrected chi connectivity index (χ1v) is 8.18. The number of nitriles is 1. The summed E-state index contributed by atoms with van der Waals surface area (Å²) in [5, 5.41) is 14.9. The lowest BCUT2D eigenvalue weighted by Gasteiger charge is -2.11. The Morgan fingerprint density at radius 3 is 2.25 bits per heavy atom. The maximum absolute atomic E-state index is 12.4. The van der Waals surface area contributed by atoms with Crippen LogP contribution in [0.15, 0.2) is 48.2 Å². The number of benzene rings is 2. The van der Waals surface area contributed by atoms with Crippen LogP contribution in [-0.2, 0) is 4.79 Å². The summed E-state index contributed by atoms with van der Waals surface area (Å²) in [5.41, 5.74) is 0.924. The summed E-state index contributed by atoms with van der Waals surface area (Å²) >= 11 is 0. The van der Waals surface area contributed by atoms with E-state index < -0.39 is 5.91 Å². The molecule has 2 rings (SSSR count). The van der Waals surface area contributed by atoms with Gasteiger partial charge in [-0.1, -0.05) is 0 Å². The summed E-state index contributed by atoms with van der Waals surface area (Å²) in [7, 11) is 6.08. The van der Waals surface area contributed by atoms with Crippen molar-refractivity contribution >= 4 is 17.3 Å². The summed E-state index contributed by atoms with van der Waals surface area (Å²) in [6.45, 7) is 0. The van der Waals surface area contributed by atoms with Crippen molar-refractivity contribution in [3.05, 3.63) is 48.2 Å².